The predicted molar refractivity (Wildman–Crippen MR) is 90.8 cm³/mol. The van der Waals surface area contributed by atoms with Crippen LogP contribution < -0.4 is 5.32 Å². The maximum absolute atomic E-state index is 9.41. The summed E-state index contributed by atoms with van der Waals surface area (Å²) in [6.07, 6.45) is 2.03. The number of para-hydroxylation sites is 2. The van der Waals surface area contributed by atoms with E-state index in [1.165, 1.54) is 5.52 Å². The number of aromatic nitrogens is 2. The third-order valence-corrected chi connectivity index (χ3v) is 5.10. The second kappa shape index (κ2) is 7.29. The molecule has 0 amide bonds. The van der Waals surface area contributed by atoms with E-state index < -0.39 is 0 Å². The Morgan fingerprint density at radius 1 is 1.33 bits per heavy atom. The molecular weight excluding hydrogens is 282 g/mol. The van der Waals surface area contributed by atoms with Crippen LogP contribution >= 0.6 is 11.8 Å². The van der Waals surface area contributed by atoms with E-state index in [0.29, 0.717) is 0 Å². The van der Waals surface area contributed by atoms with Crippen molar-refractivity contribution in [2.45, 2.75) is 44.6 Å². The van der Waals surface area contributed by atoms with E-state index >= 15 is 0 Å². The molecule has 2 N–H and O–H groups in total. The zero-order valence-corrected chi connectivity index (χ0v) is 14.0. The Balaban J connectivity index is 2.24. The van der Waals surface area contributed by atoms with Gasteiger partial charge in [-0.2, -0.15) is 11.8 Å². The third-order valence-electron chi connectivity index (χ3n) is 3.94. The first kappa shape index (κ1) is 16.3. The number of thioether (sulfide) groups is 1. The first-order valence-electron chi connectivity index (χ1n) is 7.47. The summed E-state index contributed by atoms with van der Waals surface area (Å²) in [6, 6.07) is 8.62. The Labute approximate surface area is 131 Å². The van der Waals surface area contributed by atoms with E-state index in [9.17, 15) is 5.11 Å². The molecule has 0 saturated carbocycles. The molecule has 0 spiro atoms. The Morgan fingerprint density at radius 2 is 2.05 bits per heavy atom. The molecular formula is C16H25N3OS. The molecule has 1 aromatic carbocycles. The highest BCUT2D eigenvalue weighted by atomic mass is 32.2. The zero-order chi connectivity index (χ0) is 15.4. The number of aryl methyl sites for hydroxylation is 1. The van der Waals surface area contributed by atoms with Gasteiger partial charge in [0.1, 0.15) is 5.82 Å². The van der Waals surface area contributed by atoms with Gasteiger partial charge in [0.25, 0.3) is 0 Å². The molecule has 3 unspecified atom stereocenters. The van der Waals surface area contributed by atoms with Crippen molar-refractivity contribution in [3.05, 3.63) is 30.1 Å². The minimum absolute atomic E-state index is 0.147. The summed E-state index contributed by atoms with van der Waals surface area (Å²) in [5, 5.41) is 13.2. The number of rotatable bonds is 7. The van der Waals surface area contributed by atoms with Crippen LogP contribution in [0.15, 0.2) is 24.3 Å². The molecule has 1 aromatic heterocycles. The predicted octanol–water partition coefficient (Wildman–Crippen LogP) is 2.82. The standard InChI is InChI=1S/C16H25N3OS/c1-5-19-14-9-7-6-8-13(14)18-16(19)12(3)17-11(2)15(10-20)21-4/h6-9,11-12,15,17,20H,5,10H2,1-4H3. The first-order chi connectivity index (χ1) is 10.1. The van der Waals surface area contributed by atoms with Crippen LogP contribution in [0.1, 0.15) is 32.6 Å². The van der Waals surface area contributed by atoms with E-state index in [4.69, 9.17) is 4.98 Å². The molecule has 2 rings (SSSR count). The van der Waals surface area contributed by atoms with Crippen LogP contribution in [-0.2, 0) is 6.54 Å². The molecule has 3 atom stereocenters. The summed E-state index contributed by atoms with van der Waals surface area (Å²) in [5.41, 5.74) is 2.22. The van der Waals surface area contributed by atoms with E-state index in [2.05, 4.69) is 48.9 Å². The van der Waals surface area contributed by atoms with Crippen LogP contribution in [0.25, 0.3) is 11.0 Å². The number of nitrogens with zero attached hydrogens (tertiary/aromatic N) is 2. The van der Waals surface area contributed by atoms with E-state index in [1.54, 1.807) is 11.8 Å². The summed E-state index contributed by atoms with van der Waals surface area (Å²) in [5.74, 6) is 1.06. The lowest BCUT2D eigenvalue weighted by Gasteiger charge is -2.25. The second-order valence-corrected chi connectivity index (χ2v) is 6.41. The van der Waals surface area contributed by atoms with Crippen LogP contribution in [0.2, 0.25) is 0 Å². The van der Waals surface area contributed by atoms with Gasteiger partial charge in [-0.1, -0.05) is 12.1 Å². The third kappa shape index (κ3) is 3.42. The maximum atomic E-state index is 9.41. The number of hydrogen-bond acceptors (Lipinski definition) is 4. The average Bonchev–Trinajstić information content (AvgIpc) is 2.87. The van der Waals surface area contributed by atoms with Gasteiger partial charge in [0.15, 0.2) is 0 Å². The number of hydrogen-bond donors (Lipinski definition) is 2. The molecule has 1 heterocycles. The van der Waals surface area contributed by atoms with E-state index in [1.807, 2.05) is 12.3 Å². The number of imidazole rings is 1. The second-order valence-electron chi connectivity index (χ2n) is 5.34. The molecule has 116 valence electrons. The number of aliphatic hydroxyl groups is 1. The monoisotopic (exact) mass is 307 g/mol. The van der Waals surface area contributed by atoms with Crippen molar-refractivity contribution in [3.8, 4) is 0 Å². The average molecular weight is 307 g/mol. The lowest BCUT2D eigenvalue weighted by molar-refractivity contribution is 0.270. The summed E-state index contributed by atoms with van der Waals surface area (Å²) in [6.45, 7) is 7.49. The molecule has 5 heteroatoms. The summed E-state index contributed by atoms with van der Waals surface area (Å²) in [4.78, 5) is 4.78. The van der Waals surface area contributed by atoms with Gasteiger partial charge in [-0.15, -0.1) is 0 Å². The molecule has 0 bridgehead atoms. The highest BCUT2D eigenvalue weighted by Crippen LogP contribution is 2.22. The number of fused-ring (bicyclic) bond motifs is 1. The van der Waals surface area contributed by atoms with Crippen molar-refractivity contribution in [1.82, 2.24) is 14.9 Å². The van der Waals surface area contributed by atoms with Crippen molar-refractivity contribution in [1.29, 1.82) is 0 Å². The van der Waals surface area contributed by atoms with Gasteiger partial charge in [-0.05, 0) is 39.2 Å². The highest BCUT2D eigenvalue weighted by molar-refractivity contribution is 7.99. The number of aliphatic hydroxyl groups excluding tert-OH is 1. The maximum Gasteiger partial charge on any atom is 0.126 e. The van der Waals surface area contributed by atoms with Gasteiger partial charge in [0, 0.05) is 17.8 Å². The van der Waals surface area contributed by atoms with Gasteiger partial charge in [-0.25, -0.2) is 4.98 Å². The van der Waals surface area contributed by atoms with Gasteiger partial charge >= 0.3 is 0 Å². The first-order valence-corrected chi connectivity index (χ1v) is 8.76. The molecule has 2 aromatic rings. The summed E-state index contributed by atoms with van der Waals surface area (Å²) >= 11 is 1.69. The number of nitrogens with one attached hydrogen (secondary N) is 1. The van der Waals surface area contributed by atoms with Crippen LogP contribution in [0.5, 0.6) is 0 Å². The van der Waals surface area contributed by atoms with Crippen LogP contribution in [-0.4, -0.2) is 38.8 Å². The lowest BCUT2D eigenvalue weighted by Crippen LogP contribution is -2.39. The molecule has 4 nitrogen and oxygen atoms in total. The fraction of sp³-hybridized carbons (Fsp3) is 0.562. The van der Waals surface area contributed by atoms with Crippen LogP contribution in [0, 0.1) is 0 Å². The fourth-order valence-corrected chi connectivity index (χ4v) is 3.41. The van der Waals surface area contributed by atoms with Crippen molar-refractivity contribution in [2.75, 3.05) is 12.9 Å². The quantitative estimate of drug-likeness (QED) is 0.826. The molecule has 21 heavy (non-hydrogen) atoms. The minimum Gasteiger partial charge on any atom is -0.395 e. The minimum atomic E-state index is 0.147. The van der Waals surface area contributed by atoms with Crippen molar-refractivity contribution in [2.24, 2.45) is 0 Å². The molecule has 0 aliphatic heterocycles. The zero-order valence-electron chi connectivity index (χ0n) is 13.2. The molecule has 0 radical (unpaired) electrons. The van der Waals surface area contributed by atoms with Crippen molar-refractivity contribution >= 4 is 22.8 Å². The van der Waals surface area contributed by atoms with Gasteiger partial charge < -0.3 is 15.0 Å². The van der Waals surface area contributed by atoms with Crippen LogP contribution in [0.3, 0.4) is 0 Å². The van der Waals surface area contributed by atoms with E-state index in [0.717, 1.165) is 17.9 Å². The molecule has 0 aliphatic carbocycles. The van der Waals surface area contributed by atoms with E-state index in [-0.39, 0.29) is 23.9 Å². The van der Waals surface area contributed by atoms with Gasteiger partial charge in [0.05, 0.1) is 23.7 Å². The van der Waals surface area contributed by atoms with Gasteiger partial charge in [0.2, 0.25) is 0 Å². The smallest absolute Gasteiger partial charge is 0.126 e. The highest BCUT2D eigenvalue weighted by Gasteiger charge is 2.21. The Bertz CT molecular complexity index is 580. The SMILES string of the molecule is CCn1c(C(C)NC(C)C(CO)SC)nc2ccccc21. The Kier molecular flexibility index (Phi) is 5.67. The Morgan fingerprint density at radius 3 is 2.67 bits per heavy atom. The lowest BCUT2D eigenvalue weighted by atomic mass is 10.2. The largest absolute Gasteiger partial charge is 0.395 e. The summed E-state index contributed by atoms with van der Waals surface area (Å²) in [7, 11) is 0. The van der Waals surface area contributed by atoms with Crippen LogP contribution in [0.4, 0.5) is 0 Å². The summed E-state index contributed by atoms with van der Waals surface area (Å²) < 4.78 is 2.26. The topological polar surface area (TPSA) is 50.1 Å². The molecule has 0 saturated heterocycles. The fourth-order valence-electron chi connectivity index (χ4n) is 2.77. The molecule has 0 aliphatic rings. The van der Waals surface area contributed by atoms with Crippen molar-refractivity contribution < 1.29 is 5.11 Å². The Hall–Kier alpha value is -1.04. The normalized spacial score (nSPS) is 16.0. The van der Waals surface area contributed by atoms with Crippen molar-refractivity contribution in [3.63, 3.8) is 0 Å². The molecule has 0 fully saturated rings. The van der Waals surface area contributed by atoms with Gasteiger partial charge in [-0.3, -0.25) is 0 Å². The number of benzene rings is 1.